The predicted octanol–water partition coefficient (Wildman–Crippen LogP) is 2.63. The first kappa shape index (κ1) is 14.9. The van der Waals surface area contributed by atoms with Gasteiger partial charge in [-0.25, -0.2) is 9.97 Å². The molecule has 18 heavy (non-hydrogen) atoms. The molecule has 1 rings (SSSR count). The summed E-state index contributed by atoms with van der Waals surface area (Å²) in [5, 5.41) is 3.36. The fraction of sp³-hybridized carbons (Fsp3) is 0.714. The largest absolute Gasteiger partial charge is 0.370 e. The summed E-state index contributed by atoms with van der Waals surface area (Å²) in [7, 11) is 2.18. The normalized spacial score (nSPS) is 11.3. The Kier molecular flexibility index (Phi) is 6.05. The van der Waals surface area contributed by atoms with Crippen LogP contribution in [0.25, 0.3) is 0 Å². The van der Waals surface area contributed by atoms with Gasteiger partial charge in [0.1, 0.15) is 11.6 Å². The van der Waals surface area contributed by atoms with Crippen molar-refractivity contribution in [3.63, 3.8) is 0 Å². The summed E-state index contributed by atoms with van der Waals surface area (Å²) in [6, 6.07) is 2.62. The molecule has 0 saturated heterocycles. The molecule has 4 nitrogen and oxygen atoms in total. The SMILES string of the molecule is Cc1cc(NCCCCN(C)C(C)C)nc(C)n1. The molecule has 0 atom stereocenters. The van der Waals surface area contributed by atoms with Crippen molar-refractivity contribution in [2.24, 2.45) is 0 Å². The minimum Gasteiger partial charge on any atom is -0.370 e. The monoisotopic (exact) mass is 250 g/mol. The first-order valence-electron chi connectivity index (χ1n) is 6.75. The summed E-state index contributed by atoms with van der Waals surface area (Å²) in [5.41, 5.74) is 1.02. The average Bonchev–Trinajstić information content (AvgIpc) is 2.26. The highest BCUT2D eigenvalue weighted by Crippen LogP contribution is 2.06. The van der Waals surface area contributed by atoms with Gasteiger partial charge in [0, 0.05) is 24.3 Å². The highest BCUT2D eigenvalue weighted by Gasteiger charge is 2.02. The average molecular weight is 250 g/mol. The third-order valence-electron chi connectivity index (χ3n) is 3.09. The van der Waals surface area contributed by atoms with Crippen LogP contribution >= 0.6 is 0 Å². The highest BCUT2D eigenvalue weighted by atomic mass is 15.1. The van der Waals surface area contributed by atoms with Gasteiger partial charge in [0.05, 0.1) is 0 Å². The summed E-state index contributed by atoms with van der Waals surface area (Å²) < 4.78 is 0. The van der Waals surface area contributed by atoms with E-state index in [2.05, 4.69) is 41.1 Å². The molecule has 1 aromatic heterocycles. The molecule has 0 radical (unpaired) electrons. The molecule has 0 aliphatic heterocycles. The molecule has 0 aliphatic rings. The van der Waals surface area contributed by atoms with Crippen LogP contribution in [0.3, 0.4) is 0 Å². The number of aryl methyl sites for hydroxylation is 2. The van der Waals surface area contributed by atoms with Crippen LogP contribution in [-0.2, 0) is 0 Å². The van der Waals surface area contributed by atoms with E-state index in [0.717, 1.165) is 30.4 Å². The molecule has 0 unspecified atom stereocenters. The van der Waals surface area contributed by atoms with E-state index in [0.29, 0.717) is 6.04 Å². The topological polar surface area (TPSA) is 41.0 Å². The Morgan fingerprint density at radius 2 is 1.94 bits per heavy atom. The van der Waals surface area contributed by atoms with Crippen LogP contribution in [0.2, 0.25) is 0 Å². The number of aromatic nitrogens is 2. The number of nitrogens with zero attached hydrogens (tertiary/aromatic N) is 3. The van der Waals surface area contributed by atoms with Gasteiger partial charge >= 0.3 is 0 Å². The Balaban J connectivity index is 2.22. The minimum atomic E-state index is 0.630. The molecule has 0 aliphatic carbocycles. The van der Waals surface area contributed by atoms with E-state index < -0.39 is 0 Å². The van der Waals surface area contributed by atoms with Gasteiger partial charge in [-0.05, 0) is 54.1 Å². The summed E-state index contributed by atoms with van der Waals surface area (Å²) >= 11 is 0. The first-order chi connectivity index (χ1) is 8.49. The fourth-order valence-electron chi connectivity index (χ4n) is 1.77. The summed E-state index contributed by atoms with van der Waals surface area (Å²) in [4.78, 5) is 11.0. The van der Waals surface area contributed by atoms with Gasteiger partial charge in [0.15, 0.2) is 0 Å². The third-order valence-corrected chi connectivity index (χ3v) is 3.09. The molecule has 0 spiro atoms. The lowest BCUT2D eigenvalue weighted by atomic mass is 10.2. The second-order valence-electron chi connectivity index (χ2n) is 5.15. The maximum Gasteiger partial charge on any atom is 0.129 e. The number of unbranched alkanes of at least 4 members (excludes halogenated alkanes) is 1. The van der Waals surface area contributed by atoms with Crippen LogP contribution in [0.4, 0.5) is 5.82 Å². The second kappa shape index (κ2) is 7.31. The Morgan fingerprint density at radius 1 is 1.22 bits per heavy atom. The van der Waals surface area contributed by atoms with Gasteiger partial charge < -0.3 is 10.2 Å². The molecule has 4 heteroatoms. The summed E-state index contributed by atoms with van der Waals surface area (Å²) in [5.74, 6) is 1.77. The van der Waals surface area contributed by atoms with Crippen molar-refractivity contribution in [2.75, 3.05) is 25.5 Å². The van der Waals surface area contributed by atoms with Crippen molar-refractivity contribution >= 4 is 5.82 Å². The zero-order valence-corrected chi connectivity index (χ0v) is 12.3. The zero-order chi connectivity index (χ0) is 13.5. The van der Waals surface area contributed by atoms with Gasteiger partial charge in [-0.2, -0.15) is 0 Å². The molecule has 102 valence electrons. The first-order valence-corrected chi connectivity index (χ1v) is 6.75. The number of nitrogens with one attached hydrogen (secondary N) is 1. The summed E-state index contributed by atoms with van der Waals surface area (Å²) in [6.45, 7) is 10.5. The van der Waals surface area contributed by atoms with Gasteiger partial charge in [-0.3, -0.25) is 0 Å². The van der Waals surface area contributed by atoms with E-state index in [1.165, 1.54) is 12.8 Å². The molecule has 0 amide bonds. The van der Waals surface area contributed by atoms with Crippen LogP contribution in [0, 0.1) is 13.8 Å². The predicted molar refractivity (Wildman–Crippen MR) is 77.0 cm³/mol. The summed E-state index contributed by atoms with van der Waals surface area (Å²) in [6.07, 6.45) is 2.38. The number of rotatable bonds is 7. The number of hydrogen-bond acceptors (Lipinski definition) is 4. The van der Waals surface area contributed by atoms with Crippen LogP contribution in [0.1, 0.15) is 38.2 Å². The van der Waals surface area contributed by atoms with Gasteiger partial charge in [0.25, 0.3) is 0 Å². The standard InChI is InChI=1S/C14H26N4/c1-11(2)18(5)9-7-6-8-15-14-10-12(3)16-13(4)17-14/h10-11H,6-9H2,1-5H3,(H,15,16,17). The third kappa shape index (κ3) is 5.45. The Labute approximate surface area is 111 Å². The lowest BCUT2D eigenvalue weighted by molar-refractivity contribution is 0.269. The van der Waals surface area contributed by atoms with E-state index in [1.54, 1.807) is 0 Å². The Hall–Kier alpha value is -1.16. The lowest BCUT2D eigenvalue weighted by Gasteiger charge is -2.20. The van der Waals surface area contributed by atoms with Crippen LogP contribution in [0.15, 0.2) is 6.07 Å². The smallest absolute Gasteiger partial charge is 0.129 e. The Bertz CT molecular complexity index is 343. The van der Waals surface area contributed by atoms with Gasteiger partial charge in [-0.1, -0.05) is 0 Å². The van der Waals surface area contributed by atoms with Crippen molar-refractivity contribution in [1.82, 2.24) is 14.9 Å². The van der Waals surface area contributed by atoms with Crippen molar-refractivity contribution in [1.29, 1.82) is 0 Å². The number of anilines is 1. The van der Waals surface area contributed by atoms with Crippen LogP contribution in [-0.4, -0.2) is 41.0 Å². The van der Waals surface area contributed by atoms with Crippen molar-refractivity contribution < 1.29 is 0 Å². The van der Waals surface area contributed by atoms with E-state index in [4.69, 9.17) is 0 Å². The molecule has 0 fully saturated rings. The molecule has 1 N–H and O–H groups in total. The maximum absolute atomic E-state index is 4.36. The van der Waals surface area contributed by atoms with Gasteiger partial charge in [0.2, 0.25) is 0 Å². The number of hydrogen-bond donors (Lipinski definition) is 1. The van der Waals surface area contributed by atoms with Gasteiger partial charge in [-0.15, -0.1) is 0 Å². The minimum absolute atomic E-state index is 0.630. The molecule has 0 saturated carbocycles. The van der Waals surface area contributed by atoms with E-state index in [9.17, 15) is 0 Å². The Morgan fingerprint density at radius 3 is 2.56 bits per heavy atom. The molecule has 1 heterocycles. The molecule has 0 aromatic carbocycles. The van der Waals surface area contributed by atoms with Crippen molar-refractivity contribution in [2.45, 2.75) is 46.6 Å². The lowest BCUT2D eigenvalue weighted by Crippen LogP contribution is -2.27. The molecular formula is C14H26N4. The van der Waals surface area contributed by atoms with Crippen LogP contribution in [0.5, 0.6) is 0 Å². The van der Waals surface area contributed by atoms with E-state index >= 15 is 0 Å². The second-order valence-corrected chi connectivity index (χ2v) is 5.15. The maximum atomic E-state index is 4.36. The van der Waals surface area contributed by atoms with E-state index in [1.807, 2.05) is 19.9 Å². The molecule has 1 aromatic rings. The molecule has 0 bridgehead atoms. The zero-order valence-electron chi connectivity index (χ0n) is 12.3. The van der Waals surface area contributed by atoms with Crippen molar-refractivity contribution in [3.05, 3.63) is 17.6 Å². The van der Waals surface area contributed by atoms with E-state index in [-0.39, 0.29) is 0 Å². The fourth-order valence-corrected chi connectivity index (χ4v) is 1.77. The molecular weight excluding hydrogens is 224 g/mol. The van der Waals surface area contributed by atoms with Crippen LogP contribution < -0.4 is 5.32 Å². The highest BCUT2D eigenvalue weighted by molar-refractivity contribution is 5.35. The quantitative estimate of drug-likeness (QED) is 0.755. The van der Waals surface area contributed by atoms with Crippen molar-refractivity contribution in [3.8, 4) is 0 Å².